The van der Waals surface area contributed by atoms with Crippen molar-refractivity contribution in [3.8, 4) is 0 Å². The summed E-state index contributed by atoms with van der Waals surface area (Å²) in [6.45, 7) is 1.89. The van der Waals surface area contributed by atoms with E-state index in [1.807, 2.05) is 4.90 Å². The van der Waals surface area contributed by atoms with Crippen molar-refractivity contribution in [2.45, 2.75) is 38.1 Å². The fourth-order valence-corrected chi connectivity index (χ4v) is 4.58. The molecular formula is C16H24N2O4S. The predicted octanol–water partition coefficient (Wildman–Crippen LogP) is 1.05. The summed E-state index contributed by atoms with van der Waals surface area (Å²) in [5, 5.41) is 9.06. The average molecular weight is 340 g/mol. The van der Waals surface area contributed by atoms with Gasteiger partial charge in [-0.15, -0.1) is 0 Å². The number of thioether (sulfide) groups is 1. The van der Waals surface area contributed by atoms with Crippen molar-refractivity contribution in [1.29, 1.82) is 0 Å². The smallest absolute Gasteiger partial charge is 0.305 e. The van der Waals surface area contributed by atoms with E-state index in [0.29, 0.717) is 18.8 Å². The number of carbonyl (C=O) groups is 3. The molecule has 2 atom stereocenters. The molecule has 0 aromatic rings. The van der Waals surface area contributed by atoms with Crippen LogP contribution in [0.1, 0.15) is 32.1 Å². The average Bonchev–Trinajstić information content (AvgIpc) is 3.38. The van der Waals surface area contributed by atoms with Crippen LogP contribution in [0.3, 0.4) is 0 Å². The van der Waals surface area contributed by atoms with E-state index >= 15 is 0 Å². The highest BCUT2D eigenvalue weighted by atomic mass is 32.2. The van der Waals surface area contributed by atoms with Crippen molar-refractivity contribution in [3.63, 3.8) is 0 Å². The van der Waals surface area contributed by atoms with Gasteiger partial charge in [-0.05, 0) is 25.7 Å². The quantitative estimate of drug-likeness (QED) is 0.828. The topological polar surface area (TPSA) is 77.9 Å². The number of carboxylic acid groups (broad SMARTS) is 1. The Labute approximate surface area is 140 Å². The van der Waals surface area contributed by atoms with E-state index in [1.165, 1.54) is 0 Å². The fourth-order valence-electron chi connectivity index (χ4n) is 3.52. The predicted molar refractivity (Wildman–Crippen MR) is 87.1 cm³/mol. The van der Waals surface area contributed by atoms with Crippen LogP contribution in [-0.2, 0) is 14.4 Å². The van der Waals surface area contributed by atoms with Gasteiger partial charge in [0.1, 0.15) is 0 Å². The first-order chi connectivity index (χ1) is 11.1. The van der Waals surface area contributed by atoms with Crippen molar-refractivity contribution in [1.82, 2.24) is 9.80 Å². The Bertz CT molecular complexity index is 494. The zero-order valence-electron chi connectivity index (χ0n) is 13.3. The van der Waals surface area contributed by atoms with E-state index in [2.05, 4.69) is 0 Å². The number of carbonyl (C=O) groups excluding carboxylic acids is 2. The molecule has 2 unspecified atom stereocenters. The molecule has 0 bridgehead atoms. The van der Waals surface area contributed by atoms with Gasteiger partial charge in [-0.1, -0.05) is 0 Å². The lowest BCUT2D eigenvalue weighted by atomic mass is 9.95. The van der Waals surface area contributed by atoms with Gasteiger partial charge in [-0.3, -0.25) is 14.4 Å². The molecule has 3 rings (SSSR count). The van der Waals surface area contributed by atoms with Crippen molar-refractivity contribution < 1.29 is 19.5 Å². The second-order valence-corrected chi connectivity index (χ2v) is 7.91. The summed E-state index contributed by atoms with van der Waals surface area (Å²) in [5.41, 5.74) is 0. The molecule has 2 amide bonds. The van der Waals surface area contributed by atoms with Crippen LogP contribution < -0.4 is 0 Å². The first kappa shape index (κ1) is 16.6. The molecule has 0 aromatic carbocycles. The van der Waals surface area contributed by atoms with Crippen molar-refractivity contribution in [2.75, 3.05) is 31.1 Å². The monoisotopic (exact) mass is 340 g/mol. The molecule has 2 aliphatic heterocycles. The Morgan fingerprint density at radius 1 is 1.04 bits per heavy atom. The van der Waals surface area contributed by atoms with Gasteiger partial charge < -0.3 is 14.9 Å². The molecule has 1 saturated carbocycles. The van der Waals surface area contributed by atoms with Gasteiger partial charge in [0, 0.05) is 37.1 Å². The Balaban J connectivity index is 1.63. The molecule has 1 N–H and O–H groups in total. The summed E-state index contributed by atoms with van der Waals surface area (Å²) in [6, 6.07) is -0.215. The lowest BCUT2D eigenvalue weighted by Crippen LogP contribution is -2.53. The Kier molecular flexibility index (Phi) is 5.14. The highest BCUT2D eigenvalue weighted by Gasteiger charge is 2.39. The molecule has 0 aromatic heterocycles. The molecule has 0 spiro atoms. The van der Waals surface area contributed by atoms with Crippen molar-refractivity contribution in [2.24, 2.45) is 11.8 Å². The maximum Gasteiger partial charge on any atom is 0.305 e. The van der Waals surface area contributed by atoms with Crippen LogP contribution in [0.2, 0.25) is 0 Å². The summed E-state index contributed by atoms with van der Waals surface area (Å²) >= 11 is 1.71. The van der Waals surface area contributed by atoms with Gasteiger partial charge in [-0.25, -0.2) is 0 Å². The van der Waals surface area contributed by atoms with E-state index in [-0.39, 0.29) is 36.1 Å². The number of piperidine rings is 1. The van der Waals surface area contributed by atoms with Crippen LogP contribution in [0, 0.1) is 11.8 Å². The molecule has 2 heterocycles. The molecule has 128 valence electrons. The molecule has 2 saturated heterocycles. The number of rotatable bonds is 4. The molecule has 6 nitrogen and oxygen atoms in total. The second-order valence-electron chi connectivity index (χ2n) is 6.76. The third kappa shape index (κ3) is 4.00. The van der Waals surface area contributed by atoms with Gasteiger partial charge >= 0.3 is 5.97 Å². The lowest BCUT2D eigenvalue weighted by molar-refractivity contribution is -0.144. The SMILES string of the molecule is O=C(O)CC1CSCCN1C(=O)C1CCCN(C(=O)C2CC2)C1. The van der Waals surface area contributed by atoms with Crippen LogP contribution in [0.15, 0.2) is 0 Å². The van der Waals surface area contributed by atoms with E-state index in [4.69, 9.17) is 5.11 Å². The highest BCUT2D eigenvalue weighted by Crippen LogP contribution is 2.33. The molecule has 3 fully saturated rings. The van der Waals surface area contributed by atoms with E-state index in [1.54, 1.807) is 16.7 Å². The maximum atomic E-state index is 12.9. The zero-order valence-corrected chi connectivity index (χ0v) is 14.1. The van der Waals surface area contributed by atoms with Crippen molar-refractivity contribution in [3.05, 3.63) is 0 Å². The summed E-state index contributed by atoms with van der Waals surface area (Å²) in [5.74, 6) is 0.975. The third-order valence-corrected chi connectivity index (χ3v) is 6.02. The summed E-state index contributed by atoms with van der Waals surface area (Å²) in [6.07, 6.45) is 3.64. The Morgan fingerprint density at radius 3 is 2.52 bits per heavy atom. The maximum absolute atomic E-state index is 12.9. The normalized spacial score (nSPS) is 28.5. The standard InChI is InChI=1S/C16H24N2O4S/c19-14(20)8-13-10-23-7-6-18(13)16(22)12-2-1-5-17(9-12)15(21)11-3-4-11/h11-13H,1-10H2,(H,19,20). The van der Waals surface area contributed by atoms with E-state index in [9.17, 15) is 14.4 Å². The number of likely N-dealkylation sites (tertiary alicyclic amines) is 1. The Hall–Kier alpha value is -1.24. The minimum atomic E-state index is -0.857. The number of carboxylic acids is 1. The number of aliphatic carboxylic acids is 1. The molecule has 7 heteroatoms. The number of nitrogens with zero attached hydrogens (tertiary/aromatic N) is 2. The Morgan fingerprint density at radius 2 is 1.83 bits per heavy atom. The number of hydrogen-bond acceptors (Lipinski definition) is 4. The summed E-state index contributed by atoms with van der Waals surface area (Å²) in [4.78, 5) is 39.8. The number of amides is 2. The molecular weight excluding hydrogens is 316 g/mol. The van der Waals surface area contributed by atoms with Crippen LogP contribution in [0.5, 0.6) is 0 Å². The second kappa shape index (κ2) is 7.11. The fraction of sp³-hybridized carbons (Fsp3) is 0.812. The van der Waals surface area contributed by atoms with Gasteiger partial charge in [0.15, 0.2) is 0 Å². The number of hydrogen-bond donors (Lipinski definition) is 1. The third-order valence-electron chi connectivity index (χ3n) is 4.93. The molecule has 3 aliphatic rings. The summed E-state index contributed by atoms with van der Waals surface area (Å²) < 4.78 is 0. The first-order valence-corrected chi connectivity index (χ1v) is 9.60. The molecule has 23 heavy (non-hydrogen) atoms. The first-order valence-electron chi connectivity index (χ1n) is 8.45. The highest BCUT2D eigenvalue weighted by molar-refractivity contribution is 7.99. The van der Waals surface area contributed by atoms with Gasteiger partial charge in [0.2, 0.25) is 11.8 Å². The summed E-state index contributed by atoms with van der Waals surface area (Å²) in [7, 11) is 0. The van der Waals surface area contributed by atoms with Gasteiger partial charge in [0.05, 0.1) is 18.4 Å². The van der Waals surface area contributed by atoms with Crippen LogP contribution >= 0.6 is 11.8 Å². The molecule has 0 radical (unpaired) electrons. The minimum absolute atomic E-state index is 0.0101. The van der Waals surface area contributed by atoms with E-state index in [0.717, 1.165) is 38.0 Å². The minimum Gasteiger partial charge on any atom is -0.481 e. The largest absolute Gasteiger partial charge is 0.481 e. The van der Waals surface area contributed by atoms with E-state index < -0.39 is 5.97 Å². The van der Waals surface area contributed by atoms with Gasteiger partial charge in [-0.2, -0.15) is 11.8 Å². The van der Waals surface area contributed by atoms with Crippen molar-refractivity contribution >= 4 is 29.5 Å². The van der Waals surface area contributed by atoms with Gasteiger partial charge in [0.25, 0.3) is 0 Å². The molecule has 1 aliphatic carbocycles. The van der Waals surface area contributed by atoms with Crippen LogP contribution in [0.4, 0.5) is 0 Å². The lowest BCUT2D eigenvalue weighted by Gasteiger charge is -2.39. The zero-order chi connectivity index (χ0) is 16.4. The van der Waals surface area contributed by atoms with Crippen LogP contribution in [0.25, 0.3) is 0 Å². The van der Waals surface area contributed by atoms with Crippen LogP contribution in [-0.4, -0.2) is 69.9 Å².